The predicted molar refractivity (Wildman–Crippen MR) is 102 cm³/mol. The number of anilines is 1. The molecule has 0 spiro atoms. The van der Waals surface area contributed by atoms with Crippen LogP contribution in [-0.2, 0) is 14.6 Å². The van der Waals surface area contributed by atoms with Gasteiger partial charge in [0, 0.05) is 57.2 Å². The Kier molecular flexibility index (Phi) is 5.34. The highest BCUT2D eigenvalue weighted by Crippen LogP contribution is 2.21. The summed E-state index contributed by atoms with van der Waals surface area (Å²) < 4.78 is 28.8. The minimum absolute atomic E-state index is 0.0520. The maximum absolute atomic E-state index is 12.9. The van der Waals surface area contributed by atoms with Crippen LogP contribution >= 0.6 is 0 Å². The van der Waals surface area contributed by atoms with Gasteiger partial charge in [0.1, 0.15) is 5.69 Å². The number of sulfone groups is 1. The van der Waals surface area contributed by atoms with Crippen molar-refractivity contribution in [2.24, 2.45) is 0 Å². The minimum Gasteiger partial charge on any atom is -0.378 e. The Morgan fingerprint density at radius 1 is 1.11 bits per heavy atom. The first kappa shape index (κ1) is 18.6. The minimum atomic E-state index is -2.88. The number of hydrogen-bond donors (Lipinski definition) is 0. The molecule has 1 aromatic rings. The molecule has 27 heavy (non-hydrogen) atoms. The van der Waals surface area contributed by atoms with E-state index in [9.17, 15) is 13.2 Å². The number of carbonyl (C=O) groups is 1. The van der Waals surface area contributed by atoms with Crippen molar-refractivity contribution in [1.82, 2.24) is 14.8 Å². The second kappa shape index (κ2) is 7.73. The second-order valence-electron chi connectivity index (χ2n) is 7.38. The fourth-order valence-electron chi connectivity index (χ4n) is 4.07. The highest BCUT2D eigenvalue weighted by molar-refractivity contribution is 7.91. The average molecular weight is 394 g/mol. The Balaban J connectivity index is 1.37. The average Bonchev–Trinajstić information content (AvgIpc) is 3.08. The smallest absolute Gasteiger partial charge is 0.272 e. The number of aromatic nitrogens is 1. The van der Waals surface area contributed by atoms with Gasteiger partial charge in [-0.15, -0.1) is 0 Å². The van der Waals surface area contributed by atoms with E-state index in [4.69, 9.17) is 4.74 Å². The number of piperazine rings is 1. The summed E-state index contributed by atoms with van der Waals surface area (Å²) in [7, 11) is -2.88. The van der Waals surface area contributed by atoms with Crippen LogP contribution in [0.3, 0.4) is 0 Å². The number of rotatable bonds is 3. The van der Waals surface area contributed by atoms with E-state index in [0.717, 1.165) is 31.9 Å². The van der Waals surface area contributed by atoms with Crippen LogP contribution in [0.5, 0.6) is 0 Å². The zero-order valence-corrected chi connectivity index (χ0v) is 16.2. The molecule has 4 heterocycles. The lowest BCUT2D eigenvalue weighted by Gasteiger charge is -2.37. The van der Waals surface area contributed by atoms with Crippen LogP contribution in [0.15, 0.2) is 18.3 Å². The van der Waals surface area contributed by atoms with Crippen molar-refractivity contribution >= 4 is 21.4 Å². The molecule has 1 atom stereocenters. The lowest BCUT2D eigenvalue weighted by molar-refractivity contribution is 0.0582. The monoisotopic (exact) mass is 394 g/mol. The fraction of sp³-hybridized carbons (Fsp3) is 0.667. The molecular weight excluding hydrogens is 368 g/mol. The van der Waals surface area contributed by atoms with Crippen molar-refractivity contribution < 1.29 is 17.9 Å². The Morgan fingerprint density at radius 2 is 1.85 bits per heavy atom. The summed E-state index contributed by atoms with van der Waals surface area (Å²) in [5, 5.41) is 0. The highest BCUT2D eigenvalue weighted by Gasteiger charge is 2.34. The molecule has 1 aromatic heterocycles. The summed E-state index contributed by atoms with van der Waals surface area (Å²) in [5.41, 5.74) is 1.47. The summed E-state index contributed by atoms with van der Waals surface area (Å²) in [6.45, 7) is 5.69. The third kappa shape index (κ3) is 4.25. The molecule has 8 nitrogen and oxygen atoms in total. The Morgan fingerprint density at radius 3 is 2.52 bits per heavy atom. The first-order chi connectivity index (χ1) is 13.0. The zero-order valence-electron chi connectivity index (χ0n) is 15.4. The number of pyridine rings is 1. The predicted octanol–water partition coefficient (Wildman–Crippen LogP) is -0.137. The third-order valence-corrected chi connectivity index (χ3v) is 7.42. The van der Waals surface area contributed by atoms with E-state index in [0.29, 0.717) is 38.4 Å². The molecule has 0 saturated carbocycles. The van der Waals surface area contributed by atoms with Crippen LogP contribution in [0.1, 0.15) is 16.9 Å². The number of nitrogens with zero attached hydrogens (tertiary/aromatic N) is 4. The van der Waals surface area contributed by atoms with Gasteiger partial charge in [0.05, 0.1) is 24.7 Å². The number of amides is 1. The van der Waals surface area contributed by atoms with Crippen molar-refractivity contribution in [1.29, 1.82) is 0 Å². The van der Waals surface area contributed by atoms with Crippen LogP contribution < -0.4 is 4.90 Å². The lowest BCUT2D eigenvalue weighted by atomic mass is 10.2. The largest absolute Gasteiger partial charge is 0.378 e. The standard InChI is InChI=1S/C18H26N4O4S/c23-18(17-13-15(1-3-19-17)21-8-10-26-11-9-21)22-6-4-20(5-7-22)16-2-12-27(24,25)14-16/h1,3,13,16H,2,4-12,14H2. The molecule has 3 fully saturated rings. The molecule has 4 rings (SSSR count). The van der Waals surface area contributed by atoms with Gasteiger partial charge < -0.3 is 14.5 Å². The Bertz CT molecular complexity index is 786. The first-order valence-electron chi connectivity index (χ1n) is 9.54. The maximum atomic E-state index is 12.9. The molecule has 3 aliphatic rings. The van der Waals surface area contributed by atoms with Gasteiger partial charge in [-0.1, -0.05) is 0 Å². The topological polar surface area (TPSA) is 83.1 Å². The van der Waals surface area contributed by atoms with Crippen molar-refractivity contribution in [3.05, 3.63) is 24.0 Å². The van der Waals surface area contributed by atoms with E-state index in [1.807, 2.05) is 17.0 Å². The molecule has 0 N–H and O–H groups in total. The molecule has 148 valence electrons. The van der Waals surface area contributed by atoms with Crippen LogP contribution in [0.2, 0.25) is 0 Å². The SMILES string of the molecule is O=C(c1cc(N2CCOCC2)ccn1)N1CCN(C2CCS(=O)(=O)C2)CC1. The highest BCUT2D eigenvalue weighted by atomic mass is 32.2. The maximum Gasteiger partial charge on any atom is 0.272 e. The lowest BCUT2D eigenvalue weighted by Crippen LogP contribution is -2.52. The fourth-order valence-corrected chi connectivity index (χ4v) is 5.83. The van der Waals surface area contributed by atoms with E-state index in [2.05, 4.69) is 14.8 Å². The summed E-state index contributed by atoms with van der Waals surface area (Å²) in [4.78, 5) is 23.4. The number of hydrogen-bond acceptors (Lipinski definition) is 7. The Hall–Kier alpha value is -1.71. The summed E-state index contributed by atoms with van der Waals surface area (Å²) in [5.74, 6) is 0.489. The molecule has 0 radical (unpaired) electrons. The number of carbonyl (C=O) groups excluding carboxylic acids is 1. The van der Waals surface area contributed by atoms with Crippen LogP contribution in [-0.4, -0.2) is 99.1 Å². The van der Waals surface area contributed by atoms with Crippen LogP contribution in [0.4, 0.5) is 5.69 Å². The molecule has 0 aliphatic carbocycles. The summed E-state index contributed by atoms with van der Waals surface area (Å²) in [6, 6.07) is 3.90. The van der Waals surface area contributed by atoms with Crippen molar-refractivity contribution in [2.75, 3.05) is 68.9 Å². The van der Waals surface area contributed by atoms with Gasteiger partial charge in [0.2, 0.25) is 0 Å². The second-order valence-corrected chi connectivity index (χ2v) is 9.61. The molecule has 1 unspecified atom stereocenters. The molecule has 0 aromatic carbocycles. The molecule has 3 saturated heterocycles. The van der Waals surface area contributed by atoms with Crippen molar-refractivity contribution in [3.63, 3.8) is 0 Å². The van der Waals surface area contributed by atoms with Gasteiger partial charge in [0.15, 0.2) is 9.84 Å². The first-order valence-corrected chi connectivity index (χ1v) is 11.4. The molecule has 0 bridgehead atoms. The normalized spacial score (nSPS) is 26.3. The van der Waals surface area contributed by atoms with E-state index < -0.39 is 9.84 Å². The van der Waals surface area contributed by atoms with Gasteiger partial charge in [0.25, 0.3) is 5.91 Å². The van der Waals surface area contributed by atoms with E-state index >= 15 is 0 Å². The van der Waals surface area contributed by atoms with Gasteiger partial charge >= 0.3 is 0 Å². The van der Waals surface area contributed by atoms with Gasteiger partial charge in [-0.2, -0.15) is 0 Å². The molecular formula is C18H26N4O4S. The van der Waals surface area contributed by atoms with Crippen molar-refractivity contribution in [3.8, 4) is 0 Å². The molecule has 3 aliphatic heterocycles. The molecule has 9 heteroatoms. The van der Waals surface area contributed by atoms with Gasteiger partial charge in [-0.25, -0.2) is 8.42 Å². The van der Waals surface area contributed by atoms with Gasteiger partial charge in [-0.3, -0.25) is 14.7 Å². The van der Waals surface area contributed by atoms with Crippen LogP contribution in [0, 0.1) is 0 Å². The zero-order chi connectivity index (χ0) is 18.9. The van der Waals surface area contributed by atoms with Gasteiger partial charge in [-0.05, 0) is 18.6 Å². The number of morpholine rings is 1. The van der Waals surface area contributed by atoms with E-state index in [1.54, 1.807) is 6.20 Å². The number of ether oxygens (including phenoxy) is 1. The van der Waals surface area contributed by atoms with Crippen LogP contribution in [0.25, 0.3) is 0 Å². The van der Waals surface area contributed by atoms with E-state index in [1.165, 1.54) is 0 Å². The van der Waals surface area contributed by atoms with E-state index in [-0.39, 0.29) is 23.5 Å². The molecule has 1 amide bonds. The van der Waals surface area contributed by atoms with Crippen molar-refractivity contribution in [2.45, 2.75) is 12.5 Å². The Labute approximate surface area is 160 Å². The quantitative estimate of drug-likeness (QED) is 0.706. The summed E-state index contributed by atoms with van der Waals surface area (Å²) in [6.07, 6.45) is 2.40. The summed E-state index contributed by atoms with van der Waals surface area (Å²) >= 11 is 0. The third-order valence-electron chi connectivity index (χ3n) is 5.67.